The molecule has 2 aromatic rings. The van der Waals surface area contributed by atoms with Gasteiger partial charge in [-0.3, -0.25) is 4.90 Å². The lowest BCUT2D eigenvalue weighted by Crippen LogP contribution is -2.44. The summed E-state index contributed by atoms with van der Waals surface area (Å²) in [5, 5.41) is 1.19. The number of nitrogens with zero attached hydrogens (tertiary/aromatic N) is 1. The lowest BCUT2D eigenvalue weighted by atomic mass is 9.83. The van der Waals surface area contributed by atoms with Gasteiger partial charge in [-0.15, -0.1) is 0 Å². The van der Waals surface area contributed by atoms with Gasteiger partial charge < -0.3 is 10.2 Å². The molecule has 0 bridgehead atoms. The number of rotatable bonds is 4. The van der Waals surface area contributed by atoms with E-state index in [1.165, 1.54) is 31.1 Å². The minimum Gasteiger partial charge on any atom is -0.459 e. The lowest BCUT2D eigenvalue weighted by molar-refractivity contribution is 0.0902. The number of furan rings is 1. The molecule has 1 aliphatic rings. The predicted octanol–water partition coefficient (Wildman–Crippen LogP) is 3.94. The van der Waals surface area contributed by atoms with Crippen molar-refractivity contribution in [3.8, 4) is 0 Å². The fourth-order valence-electron chi connectivity index (χ4n) is 3.70. The molecular formula is C18H26N2O. The van der Waals surface area contributed by atoms with Crippen molar-refractivity contribution in [2.24, 2.45) is 11.7 Å². The quantitative estimate of drug-likeness (QED) is 0.925. The third-order valence-electron chi connectivity index (χ3n) is 5.16. The standard InChI is InChI=1S/C18H26N2O/c1-13(18-11-14-7-4-6-10-17(14)21-18)20(2)16-9-5-3-8-15(16)12-19/h4,6-7,10-11,13,15-16H,3,5,8-9,12,19H2,1-2H3. The second kappa shape index (κ2) is 6.20. The molecule has 2 N–H and O–H groups in total. The first-order valence-corrected chi connectivity index (χ1v) is 8.11. The van der Waals surface area contributed by atoms with Gasteiger partial charge in [-0.25, -0.2) is 0 Å². The van der Waals surface area contributed by atoms with E-state index in [-0.39, 0.29) is 6.04 Å². The Hall–Kier alpha value is -1.32. The van der Waals surface area contributed by atoms with E-state index < -0.39 is 0 Å². The SMILES string of the molecule is CC(c1cc2ccccc2o1)N(C)C1CCCCC1CN. The molecule has 0 amide bonds. The van der Waals surface area contributed by atoms with Crippen LogP contribution in [0.25, 0.3) is 11.0 Å². The van der Waals surface area contributed by atoms with E-state index in [2.05, 4.69) is 37.1 Å². The van der Waals surface area contributed by atoms with Crippen LogP contribution in [0.15, 0.2) is 34.7 Å². The topological polar surface area (TPSA) is 42.4 Å². The maximum atomic E-state index is 6.04. The maximum Gasteiger partial charge on any atom is 0.134 e. The zero-order valence-electron chi connectivity index (χ0n) is 13.1. The van der Waals surface area contributed by atoms with Crippen molar-refractivity contribution in [2.45, 2.75) is 44.7 Å². The third-order valence-corrected chi connectivity index (χ3v) is 5.16. The molecule has 0 aliphatic heterocycles. The van der Waals surface area contributed by atoms with Crippen LogP contribution in [-0.2, 0) is 0 Å². The Morgan fingerprint density at radius 2 is 2.05 bits per heavy atom. The summed E-state index contributed by atoms with van der Waals surface area (Å²) in [5.74, 6) is 1.68. The van der Waals surface area contributed by atoms with Crippen LogP contribution in [0.4, 0.5) is 0 Å². The summed E-state index contributed by atoms with van der Waals surface area (Å²) in [4.78, 5) is 2.47. The first kappa shape index (κ1) is 14.6. The largest absolute Gasteiger partial charge is 0.459 e. The molecular weight excluding hydrogens is 260 g/mol. The number of para-hydroxylation sites is 1. The monoisotopic (exact) mass is 286 g/mol. The van der Waals surface area contributed by atoms with Crippen LogP contribution in [0, 0.1) is 5.92 Å². The summed E-state index contributed by atoms with van der Waals surface area (Å²) in [5.41, 5.74) is 6.96. The number of hydrogen-bond donors (Lipinski definition) is 1. The van der Waals surface area contributed by atoms with Gasteiger partial charge in [0.2, 0.25) is 0 Å². The zero-order valence-corrected chi connectivity index (χ0v) is 13.1. The van der Waals surface area contributed by atoms with Crippen LogP contribution < -0.4 is 5.73 Å². The fraction of sp³-hybridized carbons (Fsp3) is 0.556. The number of benzene rings is 1. The van der Waals surface area contributed by atoms with Gasteiger partial charge in [0.15, 0.2) is 0 Å². The second-order valence-electron chi connectivity index (χ2n) is 6.38. The van der Waals surface area contributed by atoms with Crippen molar-refractivity contribution >= 4 is 11.0 Å². The van der Waals surface area contributed by atoms with Gasteiger partial charge in [0.05, 0.1) is 6.04 Å². The average Bonchev–Trinajstić information content (AvgIpc) is 2.97. The summed E-state index contributed by atoms with van der Waals surface area (Å²) in [6.07, 6.45) is 5.16. The first-order chi connectivity index (χ1) is 10.2. The Bertz CT molecular complexity index is 559. The van der Waals surface area contributed by atoms with Crippen LogP contribution in [0.3, 0.4) is 0 Å². The minimum absolute atomic E-state index is 0.287. The smallest absolute Gasteiger partial charge is 0.134 e. The molecule has 0 radical (unpaired) electrons. The lowest BCUT2D eigenvalue weighted by Gasteiger charge is -2.40. The molecule has 3 atom stereocenters. The van der Waals surface area contributed by atoms with Gasteiger partial charge >= 0.3 is 0 Å². The van der Waals surface area contributed by atoms with Crippen LogP contribution in [-0.4, -0.2) is 24.5 Å². The molecule has 0 spiro atoms. The van der Waals surface area contributed by atoms with Gasteiger partial charge in [-0.2, -0.15) is 0 Å². The molecule has 3 rings (SSSR count). The fourth-order valence-corrected chi connectivity index (χ4v) is 3.70. The highest BCUT2D eigenvalue weighted by Gasteiger charge is 2.31. The molecule has 1 heterocycles. The van der Waals surface area contributed by atoms with E-state index in [1.54, 1.807) is 0 Å². The summed E-state index contributed by atoms with van der Waals surface area (Å²) >= 11 is 0. The Kier molecular flexibility index (Phi) is 4.32. The molecule has 3 unspecified atom stereocenters. The van der Waals surface area contributed by atoms with E-state index >= 15 is 0 Å². The van der Waals surface area contributed by atoms with Gasteiger partial charge in [0.25, 0.3) is 0 Å². The molecule has 114 valence electrons. The predicted molar refractivity (Wildman–Crippen MR) is 87.2 cm³/mol. The summed E-state index contributed by atoms with van der Waals surface area (Å²) < 4.78 is 6.04. The summed E-state index contributed by atoms with van der Waals surface area (Å²) in [7, 11) is 2.22. The number of fused-ring (bicyclic) bond motifs is 1. The van der Waals surface area contributed by atoms with E-state index in [0.29, 0.717) is 12.0 Å². The van der Waals surface area contributed by atoms with Crippen molar-refractivity contribution in [1.82, 2.24) is 4.90 Å². The highest BCUT2D eigenvalue weighted by molar-refractivity contribution is 5.77. The maximum absolute atomic E-state index is 6.04. The van der Waals surface area contributed by atoms with E-state index in [9.17, 15) is 0 Å². The van der Waals surface area contributed by atoms with Crippen molar-refractivity contribution in [3.63, 3.8) is 0 Å². The van der Waals surface area contributed by atoms with Gasteiger partial charge in [0.1, 0.15) is 11.3 Å². The van der Waals surface area contributed by atoms with Crippen LogP contribution in [0.1, 0.15) is 44.4 Å². The van der Waals surface area contributed by atoms with Crippen LogP contribution in [0.2, 0.25) is 0 Å². The number of nitrogens with two attached hydrogens (primary N) is 1. The molecule has 1 aromatic carbocycles. The average molecular weight is 286 g/mol. The van der Waals surface area contributed by atoms with Gasteiger partial charge in [-0.1, -0.05) is 31.0 Å². The van der Waals surface area contributed by atoms with Crippen molar-refractivity contribution in [2.75, 3.05) is 13.6 Å². The normalized spacial score (nSPS) is 24.6. The van der Waals surface area contributed by atoms with E-state index in [4.69, 9.17) is 10.2 Å². The Balaban J connectivity index is 1.81. The summed E-state index contributed by atoms with van der Waals surface area (Å²) in [6.45, 7) is 3.03. The first-order valence-electron chi connectivity index (χ1n) is 8.11. The zero-order chi connectivity index (χ0) is 14.8. The minimum atomic E-state index is 0.287. The van der Waals surface area contributed by atoms with Crippen molar-refractivity contribution in [1.29, 1.82) is 0 Å². The van der Waals surface area contributed by atoms with Gasteiger partial charge in [0, 0.05) is 11.4 Å². The van der Waals surface area contributed by atoms with Crippen LogP contribution in [0.5, 0.6) is 0 Å². The molecule has 3 nitrogen and oxygen atoms in total. The molecule has 3 heteroatoms. The third kappa shape index (κ3) is 2.85. The molecule has 1 fully saturated rings. The summed E-state index contributed by atoms with van der Waals surface area (Å²) in [6, 6.07) is 11.3. The highest BCUT2D eigenvalue weighted by atomic mass is 16.3. The van der Waals surface area contributed by atoms with Crippen molar-refractivity contribution in [3.05, 3.63) is 36.1 Å². The number of hydrogen-bond acceptors (Lipinski definition) is 3. The molecule has 1 aliphatic carbocycles. The van der Waals surface area contributed by atoms with Crippen molar-refractivity contribution < 1.29 is 4.42 Å². The Morgan fingerprint density at radius 3 is 2.81 bits per heavy atom. The Labute approximate surface area is 127 Å². The molecule has 1 saturated carbocycles. The molecule has 0 saturated heterocycles. The highest BCUT2D eigenvalue weighted by Crippen LogP contribution is 2.33. The Morgan fingerprint density at radius 1 is 1.29 bits per heavy atom. The van der Waals surface area contributed by atoms with E-state index in [1.807, 2.05) is 12.1 Å². The molecule has 21 heavy (non-hydrogen) atoms. The van der Waals surface area contributed by atoms with Crippen LogP contribution >= 0.6 is 0 Å². The van der Waals surface area contributed by atoms with E-state index in [0.717, 1.165) is 17.9 Å². The second-order valence-corrected chi connectivity index (χ2v) is 6.38. The molecule has 1 aromatic heterocycles. The van der Waals surface area contributed by atoms with Gasteiger partial charge in [-0.05, 0) is 51.4 Å².